The van der Waals surface area contributed by atoms with Gasteiger partial charge in [0, 0.05) is 26.2 Å². The number of benzene rings is 1. The molecule has 0 spiro atoms. The highest BCUT2D eigenvalue weighted by Gasteiger charge is 2.31. The Balaban J connectivity index is 1.49. The van der Waals surface area contributed by atoms with E-state index < -0.39 is 0 Å². The van der Waals surface area contributed by atoms with Gasteiger partial charge in [0.2, 0.25) is 5.91 Å². The smallest absolute Gasteiger partial charge is 0.317 e. The van der Waals surface area contributed by atoms with E-state index >= 15 is 0 Å². The van der Waals surface area contributed by atoms with Crippen LogP contribution in [-0.2, 0) is 4.79 Å². The third-order valence-corrected chi connectivity index (χ3v) is 5.18. The molecule has 2 atom stereocenters. The Labute approximate surface area is 160 Å². The van der Waals surface area contributed by atoms with Crippen molar-refractivity contribution in [3.63, 3.8) is 0 Å². The molecule has 1 aromatic carbocycles. The fourth-order valence-electron chi connectivity index (χ4n) is 3.63. The van der Waals surface area contributed by atoms with Gasteiger partial charge in [-0.1, -0.05) is 12.1 Å². The van der Waals surface area contributed by atoms with E-state index in [0.717, 1.165) is 18.6 Å². The number of para-hydroxylation sites is 2. The van der Waals surface area contributed by atoms with Crippen LogP contribution in [0.1, 0.15) is 26.7 Å². The minimum absolute atomic E-state index is 0.106. The predicted octanol–water partition coefficient (Wildman–Crippen LogP) is 2.12. The number of nitrogens with one attached hydrogen (secondary N) is 1. The van der Waals surface area contributed by atoms with Gasteiger partial charge in [0.15, 0.2) is 17.6 Å². The summed E-state index contributed by atoms with van der Waals surface area (Å²) in [6, 6.07) is 7.37. The third kappa shape index (κ3) is 4.64. The summed E-state index contributed by atoms with van der Waals surface area (Å²) in [6.45, 7) is 7.32. The maximum absolute atomic E-state index is 12.6. The SMILES string of the molecule is CCN(CC)C(=O)C1CCCN(C(=O)NCC2COc3ccccc3O2)C1. The van der Waals surface area contributed by atoms with Gasteiger partial charge in [-0.05, 0) is 38.8 Å². The van der Waals surface area contributed by atoms with Crippen LogP contribution >= 0.6 is 0 Å². The number of amides is 3. The summed E-state index contributed by atoms with van der Waals surface area (Å²) < 4.78 is 11.5. The minimum atomic E-state index is -0.221. The number of hydrogen-bond acceptors (Lipinski definition) is 4. The van der Waals surface area contributed by atoms with Gasteiger partial charge >= 0.3 is 6.03 Å². The van der Waals surface area contributed by atoms with Crippen LogP contribution in [-0.4, -0.2) is 67.2 Å². The van der Waals surface area contributed by atoms with Crippen molar-refractivity contribution in [3.8, 4) is 11.5 Å². The molecule has 1 fully saturated rings. The van der Waals surface area contributed by atoms with Gasteiger partial charge in [0.05, 0.1) is 12.5 Å². The van der Waals surface area contributed by atoms with Gasteiger partial charge in [-0.15, -0.1) is 0 Å². The van der Waals surface area contributed by atoms with Crippen LogP contribution in [0.15, 0.2) is 24.3 Å². The number of carbonyl (C=O) groups is 2. The van der Waals surface area contributed by atoms with Gasteiger partial charge in [0.25, 0.3) is 0 Å². The number of nitrogens with zero attached hydrogens (tertiary/aromatic N) is 2. The van der Waals surface area contributed by atoms with E-state index in [1.807, 2.05) is 43.0 Å². The lowest BCUT2D eigenvalue weighted by molar-refractivity contribution is -0.136. The average molecular weight is 375 g/mol. The monoisotopic (exact) mass is 375 g/mol. The molecule has 0 aromatic heterocycles. The fourth-order valence-corrected chi connectivity index (χ4v) is 3.63. The Morgan fingerprint density at radius 2 is 1.96 bits per heavy atom. The van der Waals surface area contributed by atoms with Crippen molar-refractivity contribution in [2.45, 2.75) is 32.8 Å². The zero-order valence-corrected chi connectivity index (χ0v) is 16.1. The molecule has 2 unspecified atom stereocenters. The summed E-state index contributed by atoms with van der Waals surface area (Å²) >= 11 is 0. The number of rotatable bonds is 5. The van der Waals surface area contributed by atoms with E-state index in [1.54, 1.807) is 4.90 Å². The molecule has 1 aromatic rings. The molecule has 0 aliphatic carbocycles. The maximum atomic E-state index is 12.6. The molecule has 7 nitrogen and oxygen atoms in total. The van der Waals surface area contributed by atoms with E-state index in [0.29, 0.717) is 45.1 Å². The Kier molecular flexibility index (Phi) is 6.42. The molecular weight excluding hydrogens is 346 g/mol. The lowest BCUT2D eigenvalue weighted by Gasteiger charge is -2.35. The van der Waals surface area contributed by atoms with E-state index in [1.165, 1.54) is 0 Å². The zero-order chi connectivity index (χ0) is 19.2. The normalized spacial score (nSPS) is 21.5. The Hall–Kier alpha value is -2.44. The molecule has 0 radical (unpaired) electrons. The molecule has 1 N–H and O–H groups in total. The topological polar surface area (TPSA) is 71.1 Å². The zero-order valence-electron chi connectivity index (χ0n) is 16.1. The summed E-state index contributed by atoms with van der Waals surface area (Å²) in [7, 11) is 0. The minimum Gasteiger partial charge on any atom is -0.486 e. The van der Waals surface area contributed by atoms with Gasteiger partial charge in [0.1, 0.15) is 6.61 Å². The number of likely N-dealkylation sites (tertiary alicyclic amines) is 1. The van der Waals surface area contributed by atoms with Crippen molar-refractivity contribution < 1.29 is 19.1 Å². The number of ether oxygens (including phenoxy) is 2. The first kappa shape index (κ1) is 19.3. The predicted molar refractivity (Wildman–Crippen MR) is 102 cm³/mol. The van der Waals surface area contributed by atoms with Crippen molar-refractivity contribution in [1.82, 2.24) is 15.1 Å². The molecule has 3 rings (SSSR count). The first-order chi connectivity index (χ1) is 13.1. The maximum Gasteiger partial charge on any atom is 0.317 e. The summed E-state index contributed by atoms with van der Waals surface area (Å²) in [6.07, 6.45) is 1.47. The molecule has 0 saturated carbocycles. The van der Waals surface area contributed by atoms with E-state index in [-0.39, 0.29) is 24.0 Å². The van der Waals surface area contributed by atoms with Crippen LogP contribution in [0.5, 0.6) is 11.5 Å². The van der Waals surface area contributed by atoms with Crippen molar-refractivity contribution in [2.24, 2.45) is 5.92 Å². The number of hydrogen-bond donors (Lipinski definition) is 1. The third-order valence-electron chi connectivity index (χ3n) is 5.18. The van der Waals surface area contributed by atoms with Crippen molar-refractivity contribution in [3.05, 3.63) is 24.3 Å². The number of piperidine rings is 1. The fraction of sp³-hybridized carbons (Fsp3) is 0.600. The molecule has 2 aliphatic rings. The standard InChI is InChI=1S/C20H29N3O4/c1-3-22(4-2)19(24)15-8-7-11-23(13-15)20(25)21-12-16-14-26-17-9-5-6-10-18(17)27-16/h5-6,9-10,15-16H,3-4,7-8,11-14H2,1-2H3,(H,21,25). The summed E-state index contributed by atoms with van der Waals surface area (Å²) in [5.74, 6) is 1.48. The second kappa shape index (κ2) is 8.97. The van der Waals surface area contributed by atoms with E-state index in [2.05, 4.69) is 5.32 Å². The van der Waals surface area contributed by atoms with Crippen LogP contribution in [0, 0.1) is 5.92 Å². The number of carbonyl (C=O) groups excluding carboxylic acids is 2. The van der Waals surface area contributed by atoms with Gasteiger partial charge < -0.3 is 24.6 Å². The van der Waals surface area contributed by atoms with E-state index in [4.69, 9.17) is 9.47 Å². The molecule has 3 amide bonds. The average Bonchev–Trinajstić information content (AvgIpc) is 2.72. The molecule has 1 saturated heterocycles. The quantitative estimate of drug-likeness (QED) is 0.856. The Bertz CT molecular complexity index is 662. The lowest BCUT2D eigenvalue weighted by Crippen LogP contribution is -2.51. The number of urea groups is 1. The molecule has 7 heteroatoms. The molecule has 2 heterocycles. The van der Waals surface area contributed by atoms with Crippen molar-refractivity contribution >= 4 is 11.9 Å². The van der Waals surface area contributed by atoms with Crippen LogP contribution in [0.3, 0.4) is 0 Å². The molecular formula is C20H29N3O4. The molecule has 2 aliphatic heterocycles. The summed E-state index contributed by atoms with van der Waals surface area (Å²) in [4.78, 5) is 28.7. The van der Waals surface area contributed by atoms with Crippen LogP contribution < -0.4 is 14.8 Å². The highest BCUT2D eigenvalue weighted by Crippen LogP contribution is 2.30. The van der Waals surface area contributed by atoms with Crippen molar-refractivity contribution in [1.29, 1.82) is 0 Å². The Morgan fingerprint density at radius 3 is 2.70 bits per heavy atom. The second-order valence-corrected chi connectivity index (χ2v) is 6.98. The van der Waals surface area contributed by atoms with Gasteiger partial charge in [-0.3, -0.25) is 4.79 Å². The number of fused-ring (bicyclic) bond motifs is 1. The first-order valence-corrected chi connectivity index (χ1v) is 9.82. The van der Waals surface area contributed by atoms with Crippen LogP contribution in [0.4, 0.5) is 4.79 Å². The summed E-state index contributed by atoms with van der Waals surface area (Å²) in [5.41, 5.74) is 0. The molecule has 0 bridgehead atoms. The largest absolute Gasteiger partial charge is 0.486 e. The van der Waals surface area contributed by atoms with Gasteiger partial charge in [-0.25, -0.2) is 4.79 Å². The highest BCUT2D eigenvalue weighted by molar-refractivity contribution is 5.81. The Morgan fingerprint density at radius 1 is 1.22 bits per heavy atom. The van der Waals surface area contributed by atoms with E-state index in [9.17, 15) is 9.59 Å². The highest BCUT2D eigenvalue weighted by atomic mass is 16.6. The lowest BCUT2D eigenvalue weighted by atomic mass is 9.96. The van der Waals surface area contributed by atoms with Crippen molar-refractivity contribution in [2.75, 3.05) is 39.3 Å². The first-order valence-electron chi connectivity index (χ1n) is 9.82. The molecule has 148 valence electrons. The summed E-state index contributed by atoms with van der Waals surface area (Å²) in [5, 5.41) is 2.93. The van der Waals surface area contributed by atoms with Gasteiger partial charge in [-0.2, -0.15) is 0 Å². The van der Waals surface area contributed by atoms with Crippen LogP contribution in [0.25, 0.3) is 0 Å². The second-order valence-electron chi connectivity index (χ2n) is 6.98. The van der Waals surface area contributed by atoms with Crippen LogP contribution in [0.2, 0.25) is 0 Å². The molecule has 27 heavy (non-hydrogen) atoms.